The summed E-state index contributed by atoms with van der Waals surface area (Å²) in [6.45, 7) is 0.735. The second-order valence-corrected chi connectivity index (χ2v) is 4.27. The van der Waals surface area contributed by atoms with E-state index in [1.807, 2.05) is 67.7 Å². The van der Waals surface area contributed by atoms with Crippen LogP contribution in [0.3, 0.4) is 0 Å². The van der Waals surface area contributed by atoms with Gasteiger partial charge in [0.1, 0.15) is 17.3 Å². The summed E-state index contributed by atoms with van der Waals surface area (Å²) >= 11 is 0. The van der Waals surface area contributed by atoms with E-state index in [-0.39, 0.29) is 0 Å². The van der Waals surface area contributed by atoms with Gasteiger partial charge in [0, 0.05) is 12.1 Å². The van der Waals surface area contributed by atoms with Crippen molar-refractivity contribution in [2.75, 3.05) is 20.7 Å². The molecule has 20 heavy (non-hydrogen) atoms. The van der Waals surface area contributed by atoms with Crippen molar-refractivity contribution in [2.45, 2.75) is 0 Å². The molecule has 0 unspecified atom stereocenters. The lowest BCUT2D eigenvalue weighted by atomic mass is 10.1. The second kappa shape index (κ2) is 7.36. The van der Waals surface area contributed by atoms with E-state index in [2.05, 4.69) is 5.32 Å². The third kappa shape index (κ3) is 3.87. The second-order valence-electron chi connectivity index (χ2n) is 4.27. The molecule has 0 aromatic heterocycles. The predicted octanol–water partition coefficient (Wildman–Crippen LogP) is 3.33. The van der Waals surface area contributed by atoms with E-state index in [1.165, 1.54) is 0 Å². The molecule has 1 N–H and O–H groups in total. The first-order chi connectivity index (χ1) is 9.83. The molecule has 0 saturated carbocycles. The average Bonchev–Trinajstić information content (AvgIpc) is 2.52. The van der Waals surface area contributed by atoms with Crippen molar-refractivity contribution in [1.29, 1.82) is 0 Å². The van der Waals surface area contributed by atoms with E-state index in [0.29, 0.717) is 0 Å². The highest BCUT2D eigenvalue weighted by molar-refractivity contribution is 5.63. The first-order valence-electron chi connectivity index (χ1n) is 6.55. The number of para-hydroxylation sites is 1. The van der Waals surface area contributed by atoms with Gasteiger partial charge in [-0.15, -0.1) is 0 Å². The molecule has 0 aliphatic heterocycles. The third-order valence-electron chi connectivity index (χ3n) is 2.82. The van der Waals surface area contributed by atoms with Gasteiger partial charge >= 0.3 is 0 Å². The highest BCUT2D eigenvalue weighted by Crippen LogP contribution is 2.23. The Morgan fingerprint density at radius 1 is 1.05 bits per heavy atom. The number of benzene rings is 2. The minimum atomic E-state index is 0.735. The molecule has 0 amide bonds. The molecule has 0 atom stereocenters. The Bertz CT molecular complexity index is 564. The molecule has 0 aliphatic carbocycles. The van der Waals surface area contributed by atoms with Crippen molar-refractivity contribution in [3.8, 4) is 11.5 Å². The lowest BCUT2D eigenvalue weighted by molar-refractivity contribution is 0.414. The third-order valence-corrected chi connectivity index (χ3v) is 2.82. The Balaban J connectivity index is 2.27. The largest absolute Gasteiger partial charge is 0.497 e. The van der Waals surface area contributed by atoms with Gasteiger partial charge in [-0.05, 0) is 37.4 Å². The van der Waals surface area contributed by atoms with Gasteiger partial charge in [0.15, 0.2) is 0 Å². The van der Waals surface area contributed by atoms with Crippen molar-refractivity contribution >= 4 is 5.76 Å². The Hall–Kier alpha value is -2.26. The predicted molar refractivity (Wildman–Crippen MR) is 82.0 cm³/mol. The zero-order chi connectivity index (χ0) is 14.2. The van der Waals surface area contributed by atoms with Crippen LogP contribution < -0.4 is 14.8 Å². The molecule has 0 aliphatic rings. The molecular formula is C17H19NO2. The summed E-state index contributed by atoms with van der Waals surface area (Å²) in [5.41, 5.74) is 0.989. The molecule has 0 radical (unpaired) electrons. The zero-order valence-electron chi connectivity index (χ0n) is 11.8. The lowest BCUT2D eigenvalue weighted by Crippen LogP contribution is -2.07. The molecule has 0 fully saturated rings. The van der Waals surface area contributed by atoms with Crippen LogP contribution in [-0.4, -0.2) is 20.7 Å². The van der Waals surface area contributed by atoms with Gasteiger partial charge in [0.2, 0.25) is 0 Å². The molecule has 0 saturated heterocycles. The van der Waals surface area contributed by atoms with Gasteiger partial charge in [-0.2, -0.15) is 0 Å². The lowest BCUT2D eigenvalue weighted by Gasteiger charge is -2.11. The van der Waals surface area contributed by atoms with Gasteiger partial charge in [0.25, 0.3) is 0 Å². The molecule has 0 bridgehead atoms. The Morgan fingerprint density at radius 2 is 1.80 bits per heavy atom. The Labute approximate surface area is 119 Å². The maximum atomic E-state index is 5.97. The van der Waals surface area contributed by atoms with E-state index in [1.54, 1.807) is 7.11 Å². The fourth-order valence-electron chi connectivity index (χ4n) is 1.81. The highest BCUT2D eigenvalue weighted by Gasteiger charge is 2.05. The summed E-state index contributed by atoms with van der Waals surface area (Å²) < 4.78 is 11.2. The number of ether oxygens (including phenoxy) is 2. The monoisotopic (exact) mass is 269 g/mol. The van der Waals surface area contributed by atoms with Crippen LogP contribution >= 0.6 is 0 Å². The van der Waals surface area contributed by atoms with Crippen LogP contribution in [0.4, 0.5) is 0 Å². The number of likely N-dealkylation sites (N-methyl/N-ethyl adjacent to an activating group) is 1. The van der Waals surface area contributed by atoms with Crippen molar-refractivity contribution in [2.24, 2.45) is 0 Å². The molecule has 3 heteroatoms. The first-order valence-corrected chi connectivity index (χ1v) is 6.55. The number of methoxy groups -OCH3 is 1. The van der Waals surface area contributed by atoms with E-state index in [9.17, 15) is 0 Å². The quantitative estimate of drug-likeness (QED) is 0.816. The Morgan fingerprint density at radius 3 is 2.50 bits per heavy atom. The van der Waals surface area contributed by atoms with Crippen LogP contribution in [0.15, 0.2) is 60.7 Å². The molecular weight excluding hydrogens is 250 g/mol. The summed E-state index contributed by atoms with van der Waals surface area (Å²) in [5.74, 6) is 2.44. The number of nitrogens with one attached hydrogen (secondary N) is 1. The van der Waals surface area contributed by atoms with Crippen molar-refractivity contribution < 1.29 is 9.47 Å². The number of rotatable bonds is 6. The van der Waals surface area contributed by atoms with Crippen LogP contribution in [0.1, 0.15) is 5.56 Å². The molecule has 0 heterocycles. The number of hydrogen-bond acceptors (Lipinski definition) is 3. The van der Waals surface area contributed by atoms with Crippen LogP contribution in [0.25, 0.3) is 5.76 Å². The summed E-state index contributed by atoms with van der Waals surface area (Å²) in [4.78, 5) is 0. The molecule has 2 rings (SSSR count). The minimum absolute atomic E-state index is 0.735. The summed E-state index contributed by atoms with van der Waals surface area (Å²) in [7, 11) is 3.57. The van der Waals surface area contributed by atoms with E-state index in [0.717, 1.165) is 29.4 Å². The van der Waals surface area contributed by atoms with Gasteiger partial charge in [0.05, 0.1) is 7.11 Å². The molecule has 104 valence electrons. The van der Waals surface area contributed by atoms with Gasteiger partial charge in [-0.25, -0.2) is 0 Å². The van der Waals surface area contributed by atoms with E-state index < -0.39 is 0 Å². The Kier molecular flexibility index (Phi) is 5.21. The summed E-state index contributed by atoms with van der Waals surface area (Å²) in [6.07, 6.45) is 2.02. The summed E-state index contributed by atoms with van der Waals surface area (Å²) in [6, 6.07) is 17.6. The van der Waals surface area contributed by atoms with Crippen molar-refractivity contribution in [3.05, 3.63) is 66.2 Å². The van der Waals surface area contributed by atoms with Crippen LogP contribution in [0.5, 0.6) is 11.5 Å². The topological polar surface area (TPSA) is 30.5 Å². The smallest absolute Gasteiger partial charge is 0.132 e. The van der Waals surface area contributed by atoms with Crippen molar-refractivity contribution in [3.63, 3.8) is 0 Å². The van der Waals surface area contributed by atoms with Gasteiger partial charge in [-0.3, -0.25) is 0 Å². The fraction of sp³-hybridized carbons (Fsp3) is 0.176. The maximum absolute atomic E-state index is 5.97. The zero-order valence-corrected chi connectivity index (χ0v) is 11.8. The molecule has 2 aromatic carbocycles. The number of hydrogen-bond donors (Lipinski definition) is 1. The van der Waals surface area contributed by atoms with Gasteiger partial charge < -0.3 is 14.8 Å². The highest BCUT2D eigenvalue weighted by atomic mass is 16.5. The van der Waals surface area contributed by atoms with Crippen LogP contribution in [0, 0.1) is 0 Å². The fourth-order valence-corrected chi connectivity index (χ4v) is 1.81. The first kappa shape index (κ1) is 14.2. The minimum Gasteiger partial charge on any atom is -0.497 e. The SMILES string of the molecule is CNC/C=C(/Oc1ccccc1)c1cccc(OC)c1. The summed E-state index contributed by atoms with van der Waals surface area (Å²) in [5, 5.41) is 3.09. The van der Waals surface area contributed by atoms with Crippen LogP contribution in [-0.2, 0) is 0 Å². The van der Waals surface area contributed by atoms with E-state index >= 15 is 0 Å². The average molecular weight is 269 g/mol. The van der Waals surface area contributed by atoms with E-state index in [4.69, 9.17) is 9.47 Å². The molecule has 2 aromatic rings. The van der Waals surface area contributed by atoms with Crippen molar-refractivity contribution in [1.82, 2.24) is 5.32 Å². The normalized spacial score (nSPS) is 11.2. The standard InChI is InChI=1S/C17H19NO2/c1-18-12-11-17(20-15-8-4-3-5-9-15)14-7-6-10-16(13-14)19-2/h3-11,13,18H,12H2,1-2H3/b17-11+. The maximum Gasteiger partial charge on any atom is 0.132 e. The van der Waals surface area contributed by atoms with Gasteiger partial charge in [-0.1, -0.05) is 30.3 Å². The van der Waals surface area contributed by atoms with Crippen LogP contribution in [0.2, 0.25) is 0 Å². The molecule has 0 spiro atoms. The molecule has 3 nitrogen and oxygen atoms in total.